The van der Waals surface area contributed by atoms with Gasteiger partial charge in [-0.2, -0.15) is 0 Å². The summed E-state index contributed by atoms with van der Waals surface area (Å²) in [6, 6.07) is 6.40. The Morgan fingerprint density at radius 2 is 1.13 bits per heavy atom. The molecule has 0 aliphatic carbocycles. The van der Waals surface area contributed by atoms with Crippen molar-refractivity contribution in [1.82, 2.24) is 82.7 Å². The number of H-pyrrole nitrogens is 1. The molecule has 39 nitrogen and oxygen atoms in total. The first-order valence-corrected chi connectivity index (χ1v) is 46.9. The van der Waals surface area contributed by atoms with Crippen LogP contribution in [0.2, 0.25) is 0 Å². The summed E-state index contributed by atoms with van der Waals surface area (Å²) in [7, 11) is 3.62. The summed E-state index contributed by atoms with van der Waals surface area (Å²) in [5, 5.41) is 48.2. The fourth-order valence-electron chi connectivity index (χ4n) is 16.8. The quantitative estimate of drug-likeness (QED) is 0.0177. The van der Waals surface area contributed by atoms with Crippen LogP contribution in [0.15, 0.2) is 128 Å². The van der Waals surface area contributed by atoms with Gasteiger partial charge in [-0.15, -0.1) is 24.1 Å². The van der Waals surface area contributed by atoms with Gasteiger partial charge in [0.15, 0.2) is 17.5 Å². The van der Waals surface area contributed by atoms with E-state index in [-0.39, 0.29) is 83.0 Å². The lowest BCUT2D eigenvalue weighted by atomic mass is 9.98. The molecule has 0 radical (unpaired) electrons. The lowest BCUT2D eigenvalue weighted by Crippen LogP contribution is -2.62. The number of primary amides is 1. The van der Waals surface area contributed by atoms with Gasteiger partial charge in [0.05, 0.1) is 18.4 Å². The van der Waals surface area contributed by atoms with E-state index in [9.17, 15) is 53.0 Å². The molecule has 6 aromatic rings. The molecule has 0 saturated carbocycles. The van der Waals surface area contributed by atoms with Gasteiger partial charge in [-0.1, -0.05) is 138 Å². The summed E-state index contributed by atoms with van der Waals surface area (Å²) in [5.41, 5.74) is 7.33. The number of hydrogen-bond acceptors (Lipinski definition) is 23. The highest BCUT2D eigenvalue weighted by Crippen LogP contribution is 2.29. The Kier molecular flexibility index (Phi) is 40.9. The van der Waals surface area contributed by atoms with E-state index in [0.29, 0.717) is 63.5 Å². The standard InChI is InChI=1S/C97H120F3N17O22S/c1-10-12-29-76-96(136)117-47-62(121)44-78(117)92(132)109-72(48-138-52-118)89(129)112-83(55(5)6)97(137)114(8)77(41-56-23-15-13-16-24-56)91(131)110-73(49-139-53-119)94(134)116-35-21-30-75(116)90(130)108-70(43-60-45-102-66-28-20-19-27-63(60)66)88(128)107-69(39-58-31-33-61(120)34-32-58)87(127)106-68(36-54(3)4)86(126)111-74(85(125)103-46-80(122)104-67(22-11-2)84(101)124)50-140-51-81(123)105-71(40-59-37-64(98)82(100)65(99)38-59)93(133)115(9)79(95(135)113(76)7)42-57-25-17-14-18-26-57/h2,13-20,23-28,31-34,37-38,45,52-55,62,67-79,83,102,120-121H,10,12,21-22,29-30,35-36,39-44,46-51H2,1,3-9H3,(H2,101,124)(H,103,125)(H,104,122)(H,105,123)(H,106,127)(H,107,128)(H,108,130)(H,109,132)(H,110,131)(H,111,126)(H,112,129)/t62-,67+,68+,69+,70+,71+,72+,73+,74+,75-,76+,77+,78-,79+,83+/m1/s1. The highest BCUT2D eigenvalue weighted by molar-refractivity contribution is 8.00. The molecule has 15 N–H and O–H groups in total. The van der Waals surface area contributed by atoms with Gasteiger partial charge in [0.1, 0.15) is 104 Å². The first-order chi connectivity index (χ1) is 66.7. The van der Waals surface area contributed by atoms with Crippen LogP contribution < -0.4 is 58.9 Å². The number of thioether (sulfide) groups is 1. The number of halogens is 3. The number of aliphatic hydroxyl groups is 1. The molecule has 15 atom stereocenters. The van der Waals surface area contributed by atoms with Crippen LogP contribution in [-0.4, -0.2) is 303 Å². The Bertz CT molecular complexity index is 5460. The van der Waals surface area contributed by atoms with Crippen LogP contribution in [0, 0.1) is 41.6 Å². The minimum Gasteiger partial charge on any atom is -0.508 e. The second-order valence-electron chi connectivity index (χ2n) is 35.4. The number of hydrogen-bond donors (Lipinski definition) is 14. The third-order valence-electron chi connectivity index (χ3n) is 24.3. The minimum absolute atomic E-state index is 0.00210. The van der Waals surface area contributed by atoms with Gasteiger partial charge in [0.2, 0.25) is 94.5 Å². The first-order valence-electron chi connectivity index (χ1n) is 45.8. The highest BCUT2D eigenvalue weighted by atomic mass is 32.2. The van der Waals surface area contributed by atoms with Crippen molar-refractivity contribution in [2.75, 3.05) is 65.5 Å². The number of carbonyl (C=O) groups is 18. The monoisotopic (exact) mass is 1960 g/mol. The number of carbonyl (C=O) groups excluding carboxylic acids is 18. The lowest BCUT2D eigenvalue weighted by molar-refractivity contribution is -0.152. The maximum atomic E-state index is 15.8. The molecule has 43 heteroatoms. The number of rotatable bonds is 28. The molecule has 140 heavy (non-hydrogen) atoms. The number of unbranched alkanes of at least 4 members (excludes halogenated alkanes) is 1. The smallest absolute Gasteiger partial charge is 0.293 e. The number of phenols is 1. The average Bonchev–Trinajstić information content (AvgIpc) is 1.66. The molecule has 16 amide bonds. The van der Waals surface area contributed by atoms with Crippen molar-refractivity contribution in [3.8, 4) is 18.1 Å². The predicted octanol–water partition coefficient (Wildman–Crippen LogP) is 0.211. The second kappa shape index (κ2) is 52.4. The van der Waals surface area contributed by atoms with Crippen LogP contribution in [-0.2, 0) is 128 Å². The molecule has 0 bridgehead atoms. The first kappa shape index (κ1) is 109. The largest absolute Gasteiger partial charge is 0.508 e. The summed E-state index contributed by atoms with van der Waals surface area (Å²) in [4.78, 5) is 272. The zero-order chi connectivity index (χ0) is 102. The van der Waals surface area contributed by atoms with E-state index in [0.717, 1.165) is 31.5 Å². The van der Waals surface area contributed by atoms with Gasteiger partial charge in [-0.25, -0.2) is 13.2 Å². The molecule has 3 aliphatic rings. The summed E-state index contributed by atoms with van der Waals surface area (Å²) in [5.74, 6) is -22.6. The van der Waals surface area contributed by atoms with Crippen molar-refractivity contribution >= 4 is 130 Å². The fraction of sp³-hybridized carbons (Fsp3) is 0.464. The molecule has 3 saturated heterocycles. The molecular weight excluding hydrogens is 1840 g/mol. The van der Waals surface area contributed by atoms with Crippen LogP contribution >= 0.6 is 11.8 Å². The zero-order valence-corrected chi connectivity index (χ0v) is 79.5. The maximum Gasteiger partial charge on any atom is 0.293 e. The molecular formula is C97H120F3N17O22S. The number of likely N-dealkylation sites (N-methyl/N-ethyl adjacent to an activating group) is 3. The number of nitrogens with one attached hydrogen (secondary N) is 11. The summed E-state index contributed by atoms with van der Waals surface area (Å²) >= 11 is 0.614. The van der Waals surface area contributed by atoms with Crippen molar-refractivity contribution in [3.63, 3.8) is 0 Å². The van der Waals surface area contributed by atoms with Gasteiger partial charge >= 0.3 is 0 Å². The maximum absolute atomic E-state index is 15.8. The number of nitrogens with zero attached hydrogens (tertiary/aromatic N) is 5. The van der Waals surface area contributed by atoms with Crippen molar-refractivity contribution in [3.05, 3.63) is 173 Å². The normalized spacial score (nSPS) is 23.6. The number of phenolic OH excluding ortho intramolecular Hbond substituents is 1. The number of fused-ring (bicyclic) bond motifs is 3. The van der Waals surface area contributed by atoms with Gasteiger partial charge in [-0.05, 0) is 95.7 Å². The van der Waals surface area contributed by atoms with E-state index in [4.69, 9.17) is 21.6 Å². The number of amides is 16. The van der Waals surface area contributed by atoms with Gasteiger partial charge in [0, 0.05) is 102 Å². The van der Waals surface area contributed by atoms with Gasteiger partial charge < -0.3 is 108 Å². The zero-order valence-electron chi connectivity index (χ0n) is 78.7. The number of benzene rings is 5. The molecule has 752 valence electrons. The van der Waals surface area contributed by atoms with Crippen LogP contribution in [0.1, 0.15) is 114 Å². The number of para-hydroxylation sites is 1. The van der Waals surface area contributed by atoms with E-state index >= 15 is 56.7 Å². The summed E-state index contributed by atoms with van der Waals surface area (Å²) in [6.45, 7) is 4.76. The Hall–Kier alpha value is -14.4. The van der Waals surface area contributed by atoms with Crippen LogP contribution in [0.4, 0.5) is 13.2 Å². The SMILES string of the molecule is C#CC[C@H](NC(=O)CNC(=O)[C@@H]1CSCC(=O)N[C@@H](Cc2cc(F)c(F)c(F)c2)C(=O)N(C)[C@@H](Cc2ccccc2)C(=O)N(C)[C@@H](CCCC)C(=O)N2C[C@H](O)C[C@@H]2C(=O)N[C@@H](COC=O)C(=O)N[C@@H](C(C)C)C(=O)N(C)[C@@H](Cc2ccccc2)C(=O)N[C@@H](COC=O)C(=O)N2CCC[C@@H]2C(=O)N[C@@H](Cc2c[nH]c3ccccc23)C(=O)N[C@@H](Cc2ccc(O)cc2)C(=O)N[C@@H](CC(C)C)C(=O)N1)C(N)=O. The van der Waals surface area contributed by atoms with Gasteiger partial charge in [-0.3, -0.25) is 86.3 Å². The molecule has 3 fully saturated rings. The van der Waals surface area contributed by atoms with Crippen molar-refractivity contribution in [2.24, 2.45) is 17.6 Å². The van der Waals surface area contributed by atoms with Crippen LogP contribution in [0.5, 0.6) is 5.75 Å². The second-order valence-corrected chi connectivity index (χ2v) is 36.4. The summed E-state index contributed by atoms with van der Waals surface area (Å²) < 4.78 is 55.6. The third-order valence-corrected chi connectivity index (χ3v) is 25.3. The summed E-state index contributed by atoms with van der Waals surface area (Å²) in [6.07, 6.45) is 2.90. The Morgan fingerprint density at radius 1 is 0.586 bits per heavy atom. The number of terminal acetylenes is 1. The predicted molar refractivity (Wildman–Crippen MR) is 503 cm³/mol. The Morgan fingerprint density at radius 3 is 1.74 bits per heavy atom. The van der Waals surface area contributed by atoms with E-state index < -0.39 is 277 Å². The molecule has 3 aliphatic heterocycles. The van der Waals surface area contributed by atoms with Crippen LogP contribution in [0.25, 0.3) is 10.9 Å². The van der Waals surface area contributed by atoms with E-state index in [1.54, 1.807) is 112 Å². The Balaban J connectivity index is 1.15. The van der Waals surface area contributed by atoms with E-state index in [1.807, 2.05) is 0 Å². The molecule has 0 spiro atoms. The van der Waals surface area contributed by atoms with E-state index in [2.05, 4.69) is 64.1 Å². The average molecular weight is 1970 g/mol. The molecule has 4 heterocycles. The van der Waals surface area contributed by atoms with Gasteiger partial charge in [0.25, 0.3) is 12.9 Å². The lowest BCUT2D eigenvalue weighted by Gasteiger charge is -2.38. The number of nitrogens with two attached hydrogens (primary N) is 1. The molecule has 1 aromatic heterocycles. The Labute approximate surface area is 810 Å². The van der Waals surface area contributed by atoms with Crippen molar-refractivity contribution in [2.45, 2.75) is 209 Å². The fourth-order valence-corrected chi connectivity index (χ4v) is 17.6. The molecule has 9 rings (SSSR count). The number of aromatic nitrogens is 1. The molecule has 0 unspecified atom stereocenters. The number of aliphatic hydroxyl groups excluding tert-OH is 1. The number of ether oxygens (including phenoxy) is 2. The topological polar surface area (TPSA) is 544 Å². The minimum atomic E-state index is -1.94. The van der Waals surface area contributed by atoms with Crippen molar-refractivity contribution in [1.29, 1.82) is 0 Å². The number of aromatic hydroxyl groups is 1. The number of aromatic amines is 1. The molecule has 5 aromatic carbocycles. The van der Waals surface area contributed by atoms with E-state index in [1.165, 1.54) is 52.2 Å². The highest BCUT2D eigenvalue weighted by Gasteiger charge is 2.48. The van der Waals surface area contributed by atoms with Crippen LogP contribution in [0.3, 0.4) is 0 Å². The van der Waals surface area contributed by atoms with Crippen molar-refractivity contribution < 1.29 is 119 Å². The third kappa shape index (κ3) is 30.3.